The lowest BCUT2D eigenvalue weighted by Gasteiger charge is -2.39. The highest BCUT2D eigenvalue weighted by Crippen LogP contribution is 2.84. The minimum absolute atomic E-state index is 0.422. The van der Waals surface area contributed by atoms with E-state index < -0.39 is 0 Å². The van der Waals surface area contributed by atoms with Gasteiger partial charge in [0.1, 0.15) is 5.78 Å². The number of ketones is 1. The molecule has 66 valence electrons. The Hall–Kier alpha value is -0.330. The first-order valence-electron chi connectivity index (χ1n) is 5.02. The summed E-state index contributed by atoms with van der Waals surface area (Å²) in [6.45, 7) is 7.00. The minimum Gasteiger partial charge on any atom is -0.299 e. The van der Waals surface area contributed by atoms with Crippen molar-refractivity contribution in [2.24, 2.45) is 28.6 Å². The van der Waals surface area contributed by atoms with Crippen LogP contribution >= 0.6 is 0 Å². The van der Waals surface area contributed by atoms with Crippen molar-refractivity contribution in [1.29, 1.82) is 0 Å². The van der Waals surface area contributed by atoms with Gasteiger partial charge in [-0.1, -0.05) is 20.8 Å². The highest BCUT2D eigenvalue weighted by Gasteiger charge is 2.81. The van der Waals surface area contributed by atoms with Crippen LogP contribution in [0.2, 0.25) is 0 Å². The zero-order valence-electron chi connectivity index (χ0n) is 8.05. The number of fused-ring (bicyclic) bond motifs is 4. The number of rotatable bonds is 0. The second-order valence-electron chi connectivity index (χ2n) is 5.77. The third-order valence-corrected chi connectivity index (χ3v) is 4.95. The Bertz CT molecular complexity index is 279. The van der Waals surface area contributed by atoms with Gasteiger partial charge in [0, 0.05) is 12.3 Å². The van der Waals surface area contributed by atoms with E-state index in [9.17, 15) is 4.79 Å². The summed E-state index contributed by atoms with van der Waals surface area (Å²) >= 11 is 0. The lowest BCUT2D eigenvalue weighted by Crippen LogP contribution is -2.39. The van der Waals surface area contributed by atoms with Gasteiger partial charge in [0.25, 0.3) is 0 Å². The molecule has 0 heterocycles. The summed E-state index contributed by atoms with van der Waals surface area (Å²) in [4.78, 5) is 11.6. The Morgan fingerprint density at radius 1 is 1.33 bits per heavy atom. The summed E-state index contributed by atoms with van der Waals surface area (Å²) in [5, 5.41) is 0. The number of hydrogen-bond acceptors (Lipinski definition) is 1. The van der Waals surface area contributed by atoms with Gasteiger partial charge in [-0.2, -0.15) is 0 Å². The maximum absolute atomic E-state index is 11.6. The zero-order valence-corrected chi connectivity index (χ0v) is 8.05. The van der Waals surface area contributed by atoms with E-state index in [1.807, 2.05) is 0 Å². The van der Waals surface area contributed by atoms with Gasteiger partial charge in [0.2, 0.25) is 0 Å². The van der Waals surface area contributed by atoms with Crippen molar-refractivity contribution in [3.05, 3.63) is 0 Å². The minimum atomic E-state index is 0.422. The first kappa shape index (κ1) is 7.11. The Balaban J connectivity index is 2.01. The molecule has 0 amide bonds. The average Bonchev–Trinajstić information content (AvgIpc) is 2.36. The Kier molecular flexibility index (Phi) is 0.897. The van der Waals surface area contributed by atoms with Crippen molar-refractivity contribution in [2.75, 3.05) is 0 Å². The van der Waals surface area contributed by atoms with E-state index in [1.54, 1.807) is 0 Å². The molecular weight excluding hydrogens is 148 g/mol. The fourth-order valence-corrected chi connectivity index (χ4v) is 4.47. The van der Waals surface area contributed by atoms with Crippen LogP contribution in [0.25, 0.3) is 0 Å². The molecule has 0 saturated heterocycles. The maximum Gasteiger partial charge on any atom is 0.136 e. The predicted octanol–water partition coefficient (Wildman–Crippen LogP) is 2.26. The van der Waals surface area contributed by atoms with E-state index in [1.165, 1.54) is 6.42 Å². The van der Waals surface area contributed by atoms with Gasteiger partial charge < -0.3 is 0 Å². The zero-order chi connectivity index (χ0) is 8.72. The van der Waals surface area contributed by atoms with Crippen molar-refractivity contribution in [2.45, 2.75) is 33.6 Å². The summed E-state index contributed by atoms with van der Waals surface area (Å²) < 4.78 is 0. The largest absolute Gasteiger partial charge is 0.299 e. The summed E-state index contributed by atoms with van der Waals surface area (Å²) in [6, 6.07) is 0. The molecule has 4 unspecified atom stereocenters. The molecule has 4 atom stereocenters. The van der Waals surface area contributed by atoms with Gasteiger partial charge in [-0.15, -0.1) is 0 Å². The highest BCUT2D eigenvalue weighted by atomic mass is 16.1. The predicted molar refractivity (Wildman–Crippen MR) is 46.6 cm³/mol. The van der Waals surface area contributed by atoms with Gasteiger partial charge in [-0.25, -0.2) is 0 Å². The van der Waals surface area contributed by atoms with Crippen molar-refractivity contribution in [1.82, 2.24) is 0 Å². The van der Waals surface area contributed by atoms with Crippen LogP contribution in [0.5, 0.6) is 0 Å². The molecule has 0 radical (unpaired) electrons. The Morgan fingerprint density at radius 2 is 2.00 bits per heavy atom. The van der Waals surface area contributed by atoms with Gasteiger partial charge >= 0.3 is 0 Å². The molecule has 0 aliphatic heterocycles. The SMILES string of the molecule is CC1(C)C2C3C(=O)CCC3(C)C21. The van der Waals surface area contributed by atoms with Crippen LogP contribution < -0.4 is 0 Å². The highest BCUT2D eigenvalue weighted by molar-refractivity contribution is 5.87. The van der Waals surface area contributed by atoms with Crippen LogP contribution in [-0.2, 0) is 4.79 Å². The third kappa shape index (κ3) is 0.462. The summed E-state index contributed by atoms with van der Waals surface area (Å²) in [5.74, 6) is 2.65. The van der Waals surface area contributed by atoms with E-state index in [0.29, 0.717) is 22.5 Å². The molecule has 0 aromatic rings. The number of hydrogen-bond donors (Lipinski definition) is 0. The third-order valence-electron chi connectivity index (χ3n) is 4.95. The van der Waals surface area contributed by atoms with Crippen LogP contribution in [0.15, 0.2) is 0 Å². The number of Topliss-reactive ketones (excluding diaryl/α,β-unsaturated/α-hetero) is 1. The Labute approximate surface area is 73.5 Å². The second-order valence-corrected chi connectivity index (χ2v) is 5.77. The fraction of sp³-hybridized carbons (Fsp3) is 0.909. The molecule has 3 saturated carbocycles. The maximum atomic E-state index is 11.6. The summed E-state index contributed by atoms with van der Waals surface area (Å²) in [6.07, 6.45) is 2.03. The molecular formula is C11H16O. The summed E-state index contributed by atoms with van der Waals surface area (Å²) in [7, 11) is 0. The van der Waals surface area contributed by atoms with Crippen LogP contribution in [0.1, 0.15) is 33.6 Å². The molecule has 0 aromatic carbocycles. The number of carbonyl (C=O) groups is 1. The molecule has 3 aliphatic carbocycles. The smallest absolute Gasteiger partial charge is 0.136 e. The van der Waals surface area contributed by atoms with Crippen molar-refractivity contribution < 1.29 is 4.79 Å². The molecule has 3 rings (SSSR count). The van der Waals surface area contributed by atoms with Crippen molar-refractivity contribution >= 4 is 5.78 Å². The van der Waals surface area contributed by atoms with Gasteiger partial charge in [-0.05, 0) is 29.1 Å². The molecule has 1 nitrogen and oxygen atoms in total. The summed E-state index contributed by atoms with van der Waals surface area (Å²) in [5.41, 5.74) is 0.917. The van der Waals surface area contributed by atoms with Crippen molar-refractivity contribution in [3.63, 3.8) is 0 Å². The normalized spacial score (nSPS) is 58.9. The van der Waals surface area contributed by atoms with Crippen LogP contribution in [0.3, 0.4) is 0 Å². The lowest BCUT2D eigenvalue weighted by molar-refractivity contribution is -0.126. The van der Waals surface area contributed by atoms with E-state index >= 15 is 0 Å². The van der Waals surface area contributed by atoms with Crippen LogP contribution in [0.4, 0.5) is 0 Å². The van der Waals surface area contributed by atoms with E-state index in [-0.39, 0.29) is 0 Å². The van der Waals surface area contributed by atoms with Crippen molar-refractivity contribution in [3.8, 4) is 0 Å². The molecule has 3 fully saturated rings. The monoisotopic (exact) mass is 164 g/mol. The first-order chi connectivity index (χ1) is 5.49. The molecule has 0 bridgehead atoms. The van der Waals surface area contributed by atoms with Crippen LogP contribution in [-0.4, -0.2) is 5.78 Å². The van der Waals surface area contributed by atoms with E-state index in [2.05, 4.69) is 20.8 Å². The molecule has 12 heavy (non-hydrogen) atoms. The molecule has 0 spiro atoms. The second kappa shape index (κ2) is 1.51. The van der Waals surface area contributed by atoms with Gasteiger partial charge in [-0.3, -0.25) is 4.79 Å². The standard InChI is InChI=1S/C11H16O/c1-10(2)8-7-6(12)4-5-11(7,3)9(8)10/h7-9H,4-5H2,1-3H3. The topological polar surface area (TPSA) is 17.1 Å². The molecule has 0 aromatic heterocycles. The molecule has 0 N–H and O–H groups in total. The first-order valence-corrected chi connectivity index (χ1v) is 5.02. The lowest BCUT2D eigenvalue weighted by atomic mass is 9.63. The van der Waals surface area contributed by atoms with Crippen LogP contribution in [0, 0.1) is 28.6 Å². The van der Waals surface area contributed by atoms with E-state index in [4.69, 9.17) is 0 Å². The fourth-order valence-electron chi connectivity index (χ4n) is 4.47. The quantitative estimate of drug-likeness (QED) is 0.536. The molecule has 1 heteroatoms. The van der Waals surface area contributed by atoms with Gasteiger partial charge in [0.15, 0.2) is 0 Å². The van der Waals surface area contributed by atoms with E-state index in [0.717, 1.165) is 18.3 Å². The average molecular weight is 164 g/mol. The number of carbonyl (C=O) groups excluding carboxylic acids is 1. The Morgan fingerprint density at radius 3 is 2.58 bits per heavy atom. The molecule has 3 aliphatic rings. The van der Waals surface area contributed by atoms with Gasteiger partial charge in [0.05, 0.1) is 0 Å².